The molecule has 0 aliphatic heterocycles. The summed E-state index contributed by atoms with van der Waals surface area (Å²) in [5.74, 6) is 0.325. The zero-order chi connectivity index (χ0) is 16.7. The molecule has 0 aliphatic carbocycles. The molecule has 1 aromatic carbocycles. The van der Waals surface area contributed by atoms with Crippen LogP contribution in [0.25, 0.3) is 0 Å². The molecule has 120 valence electrons. The van der Waals surface area contributed by atoms with Gasteiger partial charge in [0.15, 0.2) is 0 Å². The molecule has 0 heterocycles. The van der Waals surface area contributed by atoms with Crippen molar-refractivity contribution >= 4 is 12.2 Å². The number of carbonyl (C=O) groups is 1. The number of nitrogens with two attached hydrogens (primary N) is 1. The van der Waals surface area contributed by atoms with E-state index in [1.807, 2.05) is 19.1 Å². The van der Waals surface area contributed by atoms with E-state index in [0.717, 1.165) is 5.56 Å². The van der Waals surface area contributed by atoms with Crippen molar-refractivity contribution in [1.82, 2.24) is 5.32 Å². The highest BCUT2D eigenvalue weighted by molar-refractivity contribution is 5.89. The maximum atomic E-state index is 11.7. The number of hydrogen-bond acceptors (Lipinski definition) is 5. The van der Waals surface area contributed by atoms with E-state index in [1.165, 1.54) is 12.7 Å². The quantitative estimate of drug-likeness (QED) is 0.599. The molecule has 3 N–H and O–H groups in total. The predicted octanol–water partition coefficient (Wildman–Crippen LogP) is 2.58. The summed E-state index contributed by atoms with van der Waals surface area (Å²) in [5, 5.41) is 3.34. The van der Waals surface area contributed by atoms with E-state index in [9.17, 15) is 4.79 Å². The number of carbonyl (C=O) groups excluding carboxylic acids is 1. The van der Waals surface area contributed by atoms with Gasteiger partial charge in [-0.1, -0.05) is 26.5 Å². The average molecular weight is 303 g/mol. The first-order chi connectivity index (χ1) is 10.3. The molecule has 0 spiro atoms. The number of methoxy groups -OCH3 is 1. The number of hydrogen-bond donors (Lipinski definition) is 2. The molecule has 1 rings (SSSR count). The summed E-state index contributed by atoms with van der Waals surface area (Å²) in [4.78, 5) is 15.7. The number of nitrogens with one attached hydrogen (secondary N) is 1. The fourth-order valence-corrected chi connectivity index (χ4v) is 2.10. The first-order valence-corrected chi connectivity index (χ1v) is 7.28. The Balaban J connectivity index is 2.90. The zero-order valence-electron chi connectivity index (χ0n) is 13.7. The van der Waals surface area contributed by atoms with Crippen molar-refractivity contribution < 1.29 is 9.53 Å². The fraction of sp³-hybridized carbons (Fsp3) is 0.412. The Morgan fingerprint density at radius 2 is 2.14 bits per heavy atom. The highest BCUT2D eigenvalue weighted by atomic mass is 16.5. The lowest BCUT2D eigenvalue weighted by atomic mass is 9.95. The number of esters is 1. The topological polar surface area (TPSA) is 76.7 Å². The molecule has 1 unspecified atom stereocenters. The molecule has 0 aliphatic rings. The highest BCUT2D eigenvalue weighted by Gasteiger charge is 2.12. The number of benzene rings is 1. The lowest BCUT2D eigenvalue weighted by Crippen LogP contribution is -2.27. The molecule has 5 nitrogen and oxygen atoms in total. The Hall–Kier alpha value is -2.14. The normalized spacial score (nSPS) is 12.6. The van der Waals surface area contributed by atoms with Gasteiger partial charge in [0, 0.05) is 18.8 Å². The third kappa shape index (κ3) is 5.33. The Bertz CT molecular complexity index is 565. The van der Waals surface area contributed by atoms with E-state index in [2.05, 4.69) is 30.7 Å². The van der Waals surface area contributed by atoms with Crippen LogP contribution in [0.1, 0.15) is 48.2 Å². The van der Waals surface area contributed by atoms with Gasteiger partial charge in [0.1, 0.15) is 5.82 Å². The van der Waals surface area contributed by atoms with Crippen LogP contribution >= 0.6 is 0 Å². The Morgan fingerprint density at radius 3 is 2.68 bits per heavy atom. The van der Waals surface area contributed by atoms with E-state index in [-0.39, 0.29) is 17.8 Å². The van der Waals surface area contributed by atoms with Crippen LogP contribution in [0, 0.1) is 0 Å². The molecular weight excluding hydrogens is 278 g/mol. The summed E-state index contributed by atoms with van der Waals surface area (Å²) in [5.41, 5.74) is 8.24. The Morgan fingerprint density at radius 1 is 1.45 bits per heavy atom. The summed E-state index contributed by atoms with van der Waals surface area (Å²) in [6.45, 7) is 10.4. The third-order valence-corrected chi connectivity index (χ3v) is 3.26. The van der Waals surface area contributed by atoms with E-state index < -0.39 is 0 Å². The lowest BCUT2D eigenvalue weighted by molar-refractivity contribution is 0.0600. The molecular formula is C17H25N3O2. The number of rotatable bonds is 7. The summed E-state index contributed by atoms with van der Waals surface area (Å²) in [6, 6.07) is 5.70. The maximum absolute atomic E-state index is 11.7. The molecule has 0 aromatic heterocycles. The first-order valence-electron chi connectivity index (χ1n) is 7.28. The van der Waals surface area contributed by atoms with Crippen LogP contribution in [0.2, 0.25) is 0 Å². The molecule has 1 atom stereocenters. The Labute approximate surface area is 132 Å². The summed E-state index contributed by atoms with van der Waals surface area (Å²) < 4.78 is 4.78. The van der Waals surface area contributed by atoms with Gasteiger partial charge in [-0.3, -0.25) is 0 Å². The van der Waals surface area contributed by atoms with Crippen LogP contribution in [0.15, 0.2) is 35.6 Å². The van der Waals surface area contributed by atoms with Gasteiger partial charge in [0.2, 0.25) is 0 Å². The summed E-state index contributed by atoms with van der Waals surface area (Å²) in [7, 11) is 1.38. The van der Waals surface area contributed by atoms with Crippen LogP contribution in [-0.4, -0.2) is 25.3 Å². The monoisotopic (exact) mass is 303 g/mol. The highest BCUT2D eigenvalue weighted by Crippen LogP contribution is 2.21. The van der Waals surface area contributed by atoms with Crippen LogP contribution in [0.5, 0.6) is 0 Å². The van der Waals surface area contributed by atoms with E-state index in [4.69, 9.17) is 10.5 Å². The Kier molecular flexibility index (Phi) is 6.79. The van der Waals surface area contributed by atoms with Crippen molar-refractivity contribution in [3.63, 3.8) is 0 Å². The van der Waals surface area contributed by atoms with E-state index in [0.29, 0.717) is 18.0 Å². The standard InChI is InChI=1S/C17H25N3O2/c1-11(2)16-7-6-14(17(21)22-5)8-15(16)10-19-12(3)9-20-13(4)18/h6-9,11-12,19H,4,10,18H2,1-3,5H3/b20-9-. The smallest absolute Gasteiger partial charge is 0.337 e. The molecule has 0 amide bonds. The predicted molar refractivity (Wildman–Crippen MR) is 90.0 cm³/mol. The van der Waals surface area contributed by atoms with Gasteiger partial charge in [0.05, 0.1) is 12.7 Å². The van der Waals surface area contributed by atoms with Gasteiger partial charge in [0.25, 0.3) is 0 Å². The number of ether oxygens (including phenoxy) is 1. The number of nitrogens with zero attached hydrogens (tertiary/aromatic N) is 1. The van der Waals surface area contributed by atoms with Crippen molar-refractivity contribution in [3.05, 3.63) is 47.3 Å². The minimum absolute atomic E-state index is 0.0436. The van der Waals surface area contributed by atoms with Gasteiger partial charge < -0.3 is 15.8 Å². The number of aliphatic imine (C=N–C) groups is 1. The second kappa shape index (κ2) is 8.34. The van der Waals surface area contributed by atoms with Crippen LogP contribution in [0.4, 0.5) is 0 Å². The largest absolute Gasteiger partial charge is 0.465 e. The average Bonchev–Trinajstić information content (AvgIpc) is 2.49. The summed E-state index contributed by atoms with van der Waals surface area (Å²) >= 11 is 0. The first kappa shape index (κ1) is 17.9. The summed E-state index contributed by atoms with van der Waals surface area (Å²) in [6.07, 6.45) is 1.71. The molecule has 0 radical (unpaired) electrons. The molecule has 5 heteroatoms. The van der Waals surface area contributed by atoms with Crippen molar-refractivity contribution in [1.29, 1.82) is 0 Å². The lowest BCUT2D eigenvalue weighted by Gasteiger charge is -2.16. The molecule has 0 fully saturated rings. The SMILES string of the molecule is C=C(N)/N=C\C(C)NCc1cc(C(=O)OC)ccc1C(C)C. The van der Waals surface area contributed by atoms with E-state index >= 15 is 0 Å². The zero-order valence-corrected chi connectivity index (χ0v) is 13.7. The second-order valence-electron chi connectivity index (χ2n) is 5.50. The molecule has 0 saturated carbocycles. The third-order valence-electron chi connectivity index (χ3n) is 3.26. The van der Waals surface area contributed by atoms with Crippen molar-refractivity contribution in [3.8, 4) is 0 Å². The van der Waals surface area contributed by atoms with Crippen molar-refractivity contribution in [2.75, 3.05) is 7.11 Å². The minimum atomic E-state index is -0.328. The van der Waals surface area contributed by atoms with Crippen LogP contribution in [-0.2, 0) is 11.3 Å². The van der Waals surface area contributed by atoms with E-state index in [1.54, 1.807) is 12.3 Å². The maximum Gasteiger partial charge on any atom is 0.337 e. The molecule has 1 aromatic rings. The van der Waals surface area contributed by atoms with Crippen molar-refractivity contribution in [2.24, 2.45) is 10.7 Å². The van der Waals surface area contributed by atoms with Crippen LogP contribution < -0.4 is 11.1 Å². The van der Waals surface area contributed by atoms with Crippen LogP contribution in [0.3, 0.4) is 0 Å². The van der Waals surface area contributed by atoms with Gasteiger partial charge in [-0.05, 0) is 36.1 Å². The second-order valence-corrected chi connectivity index (χ2v) is 5.50. The van der Waals surface area contributed by atoms with Gasteiger partial charge in [-0.2, -0.15) is 0 Å². The van der Waals surface area contributed by atoms with Gasteiger partial charge >= 0.3 is 5.97 Å². The van der Waals surface area contributed by atoms with Gasteiger partial charge in [-0.15, -0.1) is 0 Å². The van der Waals surface area contributed by atoms with Crippen molar-refractivity contribution in [2.45, 2.75) is 39.3 Å². The molecule has 22 heavy (non-hydrogen) atoms. The molecule has 0 saturated heterocycles. The minimum Gasteiger partial charge on any atom is -0.465 e. The van der Waals surface area contributed by atoms with Gasteiger partial charge in [-0.25, -0.2) is 9.79 Å². The fourth-order valence-electron chi connectivity index (χ4n) is 2.10. The molecule has 0 bridgehead atoms.